The third kappa shape index (κ3) is 15.7. The number of rotatable bonds is 2. The van der Waals surface area contributed by atoms with E-state index in [1.807, 2.05) is 0 Å². The van der Waals surface area contributed by atoms with Crippen molar-refractivity contribution in [3.8, 4) is 0 Å². The zero-order chi connectivity index (χ0) is 6.99. The monoisotopic (exact) mass is 228 g/mol. The zero-order valence-corrected chi connectivity index (χ0v) is 10.3. The molecule has 0 radical (unpaired) electrons. The summed E-state index contributed by atoms with van der Waals surface area (Å²) in [4.78, 5) is 0. The molecule has 0 amide bonds. The summed E-state index contributed by atoms with van der Waals surface area (Å²) in [5, 5.41) is 0. The average Bonchev–Trinajstić information content (AvgIpc) is 1.72. The van der Waals surface area contributed by atoms with E-state index in [2.05, 4.69) is 34.4 Å². The van der Waals surface area contributed by atoms with E-state index in [9.17, 15) is 0 Å². The molecule has 0 spiro atoms. The van der Waals surface area contributed by atoms with Crippen LogP contribution in [0.1, 0.15) is 26.7 Å². The van der Waals surface area contributed by atoms with Gasteiger partial charge < -0.3 is 6.92 Å². The quantitative estimate of drug-likeness (QED) is 0.505. The second-order valence-corrected chi connectivity index (χ2v) is 2.04. The zero-order valence-electron chi connectivity index (χ0n) is 5.78. The first-order chi connectivity index (χ1) is 3.77. The van der Waals surface area contributed by atoms with Crippen LogP contribution in [0.25, 0.3) is 0 Å². The Labute approximate surface area is 69.5 Å². The molecule has 0 aliphatic heterocycles. The summed E-state index contributed by atoms with van der Waals surface area (Å²) in [6, 6.07) is 0. The molecule has 0 heterocycles. The van der Waals surface area contributed by atoms with Crippen molar-refractivity contribution in [1.29, 1.82) is 0 Å². The Hall–Kier alpha value is 1.10. The van der Waals surface area contributed by atoms with E-state index in [0.29, 0.717) is 0 Å². The van der Waals surface area contributed by atoms with E-state index in [0.717, 1.165) is 12.3 Å². The summed E-state index contributed by atoms with van der Waals surface area (Å²) in [5.74, 6) is 0.836. The van der Waals surface area contributed by atoms with Crippen molar-refractivity contribution < 1.29 is 16.3 Å². The van der Waals surface area contributed by atoms with Gasteiger partial charge in [-0.3, -0.25) is 0 Å². The van der Waals surface area contributed by atoms with Crippen LogP contribution in [0.4, 0.5) is 0 Å². The van der Waals surface area contributed by atoms with E-state index in [1.54, 1.807) is 0 Å². The van der Waals surface area contributed by atoms with Crippen LogP contribution in [0, 0.1) is 12.8 Å². The van der Waals surface area contributed by atoms with Gasteiger partial charge in [-0.1, -0.05) is 20.3 Å². The summed E-state index contributed by atoms with van der Waals surface area (Å²) in [6.45, 7) is 8.15. The Morgan fingerprint density at radius 3 is 1.88 bits per heavy atom. The fourth-order valence-corrected chi connectivity index (χ4v) is 0.408. The van der Waals surface area contributed by atoms with Gasteiger partial charge in [-0.25, -0.2) is 0 Å². The van der Waals surface area contributed by atoms with Gasteiger partial charge in [-0.15, -0.1) is 0 Å². The molecule has 0 bridgehead atoms. The Morgan fingerprint density at radius 1 is 1.50 bits per heavy atom. The molecule has 0 rings (SSSR count). The molecule has 0 saturated heterocycles. The fourth-order valence-electron chi connectivity index (χ4n) is 0.408. The average molecular weight is 230 g/mol. The minimum atomic E-state index is 0.836. The second-order valence-electron chi connectivity index (χ2n) is 2.04. The maximum atomic E-state index is 3.73. The van der Waals surface area contributed by atoms with Crippen molar-refractivity contribution >= 4 is 13.6 Å². The molecule has 0 unspecified atom stereocenters. The normalized spacial score (nSPS) is 8.38. The first-order valence-electron chi connectivity index (χ1n) is 2.83. The van der Waals surface area contributed by atoms with Crippen LogP contribution in [-0.4, -0.2) is 0 Å². The molecule has 0 aromatic rings. The van der Waals surface area contributed by atoms with Gasteiger partial charge in [-0.05, 0) is 5.92 Å². The SMILES string of the molecule is [CH2-]CCC(C)C.[Zn+][Br]. The van der Waals surface area contributed by atoms with Crippen molar-refractivity contribution in [3.05, 3.63) is 6.92 Å². The molecule has 0 aliphatic carbocycles. The molecule has 0 fully saturated rings. The van der Waals surface area contributed by atoms with Crippen LogP contribution in [0.2, 0.25) is 0 Å². The van der Waals surface area contributed by atoms with Crippen LogP contribution in [0.15, 0.2) is 0 Å². The molecular weight excluding hydrogens is 217 g/mol. The molecule has 0 nitrogen and oxygen atoms in total. The van der Waals surface area contributed by atoms with E-state index in [-0.39, 0.29) is 0 Å². The third-order valence-corrected chi connectivity index (χ3v) is 0.781. The molecule has 0 atom stereocenters. The van der Waals surface area contributed by atoms with Crippen LogP contribution < -0.4 is 0 Å². The van der Waals surface area contributed by atoms with Gasteiger partial charge in [0.25, 0.3) is 0 Å². The van der Waals surface area contributed by atoms with Crippen LogP contribution >= 0.6 is 13.6 Å². The van der Waals surface area contributed by atoms with Gasteiger partial charge in [0.15, 0.2) is 0 Å². The predicted molar refractivity (Wildman–Crippen MR) is 38.4 cm³/mol. The van der Waals surface area contributed by atoms with Gasteiger partial charge in [0.1, 0.15) is 0 Å². The van der Waals surface area contributed by atoms with Gasteiger partial charge in [-0.2, -0.15) is 6.42 Å². The fraction of sp³-hybridized carbons (Fsp3) is 0.833. The van der Waals surface area contributed by atoms with E-state index < -0.39 is 0 Å². The second kappa shape index (κ2) is 11.0. The van der Waals surface area contributed by atoms with E-state index >= 15 is 0 Å². The molecule has 8 heavy (non-hydrogen) atoms. The predicted octanol–water partition coefficient (Wildman–Crippen LogP) is 3.10. The van der Waals surface area contributed by atoms with Crippen LogP contribution in [0.3, 0.4) is 0 Å². The van der Waals surface area contributed by atoms with Crippen molar-refractivity contribution in [2.45, 2.75) is 26.7 Å². The van der Waals surface area contributed by atoms with Gasteiger partial charge in [0.2, 0.25) is 0 Å². The third-order valence-electron chi connectivity index (χ3n) is 0.781. The summed E-state index contributed by atoms with van der Waals surface area (Å²) in [5.41, 5.74) is 0. The Kier molecular flexibility index (Phi) is 16.3. The van der Waals surface area contributed by atoms with Gasteiger partial charge >= 0.3 is 30.0 Å². The Bertz CT molecular complexity index is 29.7. The number of hydrogen-bond acceptors (Lipinski definition) is 0. The van der Waals surface area contributed by atoms with Crippen molar-refractivity contribution in [2.75, 3.05) is 0 Å². The van der Waals surface area contributed by atoms with Crippen molar-refractivity contribution in [2.24, 2.45) is 5.92 Å². The summed E-state index contributed by atoms with van der Waals surface area (Å²) in [7, 11) is 0. The molecule has 0 saturated carbocycles. The molecule has 0 N–H and O–H groups in total. The summed E-state index contributed by atoms with van der Waals surface area (Å²) >= 11 is 4.25. The van der Waals surface area contributed by atoms with Crippen LogP contribution in [-0.2, 0) is 16.3 Å². The van der Waals surface area contributed by atoms with Crippen molar-refractivity contribution in [1.82, 2.24) is 0 Å². The molecule has 46 valence electrons. The number of halogens is 1. The minimum absolute atomic E-state index is 0.836. The molecule has 0 aromatic heterocycles. The number of hydrogen-bond donors (Lipinski definition) is 0. The molecule has 2 heteroatoms. The maximum absolute atomic E-state index is 3.73. The van der Waals surface area contributed by atoms with Crippen molar-refractivity contribution in [3.63, 3.8) is 0 Å². The first kappa shape index (κ1) is 11.8. The standard InChI is InChI=1S/C6H13.BrH.Zn/c1-4-5-6(2)3;;/h6H,1,4-5H2,2-3H3;1H;/q-1;;+2/p-1. The molecule has 0 aromatic carbocycles. The topological polar surface area (TPSA) is 0 Å². The summed E-state index contributed by atoms with van der Waals surface area (Å²) < 4.78 is 0. The van der Waals surface area contributed by atoms with E-state index in [4.69, 9.17) is 0 Å². The van der Waals surface area contributed by atoms with Gasteiger partial charge in [0, 0.05) is 0 Å². The Morgan fingerprint density at radius 2 is 1.88 bits per heavy atom. The molecular formula is C6H13BrZn. The van der Waals surface area contributed by atoms with Crippen LogP contribution in [0.5, 0.6) is 0 Å². The molecule has 0 aliphatic rings. The summed E-state index contributed by atoms with van der Waals surface area (Å²) in [6.07, 6.45) is 2.34. The first-order valence-corrected chi connectivity index (χ1v) is 9.78. The van der Waals surface area contributed by atoms with E-state index in [1.165, 1.54) is 22.8 Å². The van der Waals surface area contributed by atoms with Gasteiger partial charge in [0.05, 0.1) is 0 Å². The Balaban J connectivity index is 0.